The third kappa shape index (κ3) is 4.99. The second-order valence-corrected chi connectivity index (χ2v) is 8.48. The van der Waals surface area contributed by atoms with Gasteiger partial charge in [-0.1, -0.05) is 42.3 Å². The van der Waals surface area contributed by atoms with E-state index in [1.165, 1.54) is 18.2 Å². The Bertz CT molecular complexity index is 867. The topological polar surface area (TPSA) is 66.5 Å². The van der Waals surface area contributed by atoms with Crippen molar-refractivity contribution in [1.29, 1.82) is 0 Å². The van der Waals surface area contributed by atoms with Crippen molar-refractivity contribution in [2.75, 3.05) is 10.8 Å². The molecule has 2 aromatic rings. The van der Waals surface area contributed by atoms with Gasteiger partial charge in [0.1, 0.15) is 6.54 Å². The minimum Gasteiger partial charge on any atom is -0.352 e. The summed E-state index contributed by atoms with van der Waals surface area (Å²) in [7, 11) is -3.91. The van der Waals surface area contributed by atoms with Crippen LogP contribution >= 0.6 is 11.6 Å². The van der Waals surface area contributed by atoms with Crippen LogP contribution in [0.15, 0.2) is 53.4 Å². The van der Waals surface area contributed by atoms with Crippen LogP contribution in [0.25, 0.3) is 0 Å². The molecule has 1 N–H and O–H groups in total. The summed E-state index contributed by atoms with van der Waals surface area (Å²) in [5, 5.41) is 3.20. The Balaban J connectivity index is 2.42. The van der Waals surface area contributed by atoms with Crippen LogP contribution in [0.3, 0.4) is 0 Å². The zero-order valence-corrected chi connectivity index (χ0v) is 16.6. The van der Waals surface area contributed by atoms with Crippen molar-refractivity contribution < 1.29 is 13.2 Å². The number of aryl methyl sites for hydroxylation is 1. The average Bonchev–Trinajstić information content (AvgIpc) is 2.59. The zero-order chi connectivity index (χ0) is 19.3. The minimum atomic E-state index is -3.91. The van der Waals surface area contributed by atoms with E-state index in [9.17, 15) is 13.2 Å². The van der Waals surface area contributed by atoms with Gasteiger partial charge in [-0.2, -0.15) is 0 Å². The van der Waals surface area contributed by atoms with Gasteiger partial charge in [-0.05, 0) is 50.6 Å². The van der Waals surface area contributed by atoms with E-state index in [4.69, 9.17) is 11.6 Å². The van der Waals surface area contributed by atoms with Crippen LogP contribution in [0.1, 0.15) is 25.8 Å². The lowest BCUT2D eigenvalue weighted by Gasteiger charge is -2.25. The molecular weight excluding hydrogens is 372 g/mol. The maximum Gasteiger partial charge on any atom is 0.264 e. The van der Waals surface area contributed by atoms with Crippen LogP contribution < -0.4 is 9.62 Å². The average molecular weight is 395 g/mol. The van der Waals surface area contributed by atoms with Gasteiger partial charge in [0.05, 0.1) is 10.6 Å². The molecule has 0 spiro atoms. The largest absolute Gasteiger partial charge is 0.352 e. The number of nitrogens with zero attached hydrogens (tertiary/aromatic N) is 1. The Morgan fingerprint density at radius 3 is 2.42 bits per heavy atom. The van der Waals surface area contributed by atoms with Crippen LogP contribution in [-0.2, 0) is 14.8 Å². The molecule has 0 fully saturated rings. The number of carbonyl (C=O) groups excluding carboxylic acids is 1. The van der Waals surface area contributed by atoms with E-state index in [0.717, 1.165) is 16.3 Å². The fourth-order valence-corrected chi connectivity index (χ4v) is 3.93. The maximum atomic E-state index is 13.1. The maximum absolute atomic E-state index is 13.1. The Kier molecular flexibility index (Phi) is 6.67. The Morgan fingerprint density at radius 1 is 1.19 bits per heavy atom. The Hall–Kier alpha value is -2.05. The summed E-state index contributed by atoms with van der Waals surface area (Å²) in [6, 6.07) is 12.9. The number of hydrogen-bond donors (Lipinski definition) is 1. The summed E-state index contributed by atoms with van der Waals surface area (Å²) in [5.74, 6) is -0.366. The van der Waals surface area contributed by atoms with Gasteiger partial charge in [0.15, 0.2) is 0 Å². The highest BCUT2D eigenvalue weighted by atomic mass is 35.5. The predicted molar refractivity (Wildman–Crippen MR) is 105 cm³/mol. The molecule has 2 aromatic carbocycles. The Morgan fingerprint density at radius 2 is 1.85 bits per heavy atom. The first-order valence-electron chi connectivity index (χ1n) is 8.38. The fourth-order valence-electron chi connectivity index (χ4n) is 2.34. The molecule has 0 bridgehead atoms. The van der Waals surface area contributed by atoms with Crippen molar-refractivity contribution in [3.05, 3.63) is 59.1 Å². The second-order valence-electron chi connectivity index (χ2n) is 6.18. The van der Waals surface area contributed by atoms with Crippen molar-refractivity contribution in [1.82, 2.24) is 5.32 Å². The molecule has 0 saturated carbocycles. The van der Waals surface area contributed by atoms with Crippen molar-refractivity contribution in [2.24, 2.45) is 0 Å². The molecule has 2 rings (SSSR count). The lowest BCUT2D eigenvalue weighted by atomic mass is 10.2. The molecule has 0 heterocycles. The molecule has 0 saturated heterocycles. The summed E-state index contributed by atoms with van der Waals surface area (Å²) in [6.07, 6.45) is 0.758. The molecule has 0 radical (unpaired) electrons. The second kappa shape index (κ2) is 8.56. The van der Waals surface area contributed by atoms with Crippen molar-refractivity contribution >= 4 is 33.2 Å². The summed E-state index contributed by atoms with van der Waals surface area (Å²) in [4.78, 5) is 12.5. The van der Waals surface area contributed by atoms with E-state index >= 15 is 0 Å². The molecule has 0 aromatic heterocycles. The summed E-state index contributed by atoms with van der Waals surface area (Å²) in [5.41, 5.74) is 1.30. The van der Waals surface area contributed by atoms with E-state index in [1.54, 1.807) is 30.3 Å². The number of amides is 1. The summed E-state index contributed by atoms with van der Waals surface area (Å²) < 4.78 is 27.4. The van der Waals surface area contributed by atoms with Gasteiger partial charge in [-0.15, -0.1) is 0 Å². The smallest absolute Gasteiger partial charge is 0.264 e. The molecule has 0 aliphatic heterocycles. The molecule has 0 aliphatic carbocycles. The highest BCUT2D eigenvalue weighted by molar-refractivity contribution is 7.92. The first-order valence-corrected chi connectivity index (χ1v) is 10.2. The SMILES string of the molecule is CC[C@H](C)NC(=O)CN(c1cccc(Cl)c1)S(=O)(=O)c1ccc(C)cc1. The van der Waals surface area contributed by atoms with Gasteiger partial charge in [-0.25, -0.2) is 8.42 Å². The van der Waals surface area contributed by atoms with Crippen LogP contribution in [-0.4, -0.2) is 26.9 Å². The van der Waals surface area contributed by atoms with Gasteiger partial charge in [-0.3, -0.25) is 9.10 Å². The van der Waals surface area contributed by atoms with Crippen LogP contribution in [0.5, 0.6) is 0 Å². The lowest BCUT2D eigenvalue weighted by molar-refractivity contribution is -0.120. The third-order valence-corrected chi connectivity index (χ3v) is 6.04. The number of benzene rings is 2. The summed E-state index contributed by atoms with van der Waals surface area (Å²) >= 11 is 6.03. The molecule has 5 nitrogen and oxygen atoms in total. The lowest BCUT2D eigenvalue weighted by Crippen LogP contribution is -2.43. The standard InChI is InChI=1S/C19H23ClN2O3S/c1-4-15(3)21-19(23)13-22(17-7-5-6-16(20)12-17)26(24,25)18-10-8-14(2)9-11-18/h5-12,15H,4,13H2,1-3H3,(H,21,23)/t15-/m0/s1. The molecule has 7 heteroatoms. The third-order valence-electron chi connectivity index (χ3n) is 4.01. The van der Waals surface area contributed by atoms with E-state index in [2.05, 4.69) is 5.32 Å². The number of sulfonamides is 1. The van der Waals surface area contributed by atoms with Gasteiger partial charge in [0.2, 0.25) is 5.91 Å². The molecule has 140 valence electrons. The number of rotatable bonds is 7. The van der Waals surface area contributed by atoms with E-state index < -0.39 is 10.0 Å². The number of carbonyl (C=O) groups is 1. The molecule has 1 atom stereocenters. The van der Waals surface area contributed by atoms with Crippen molar-refractivity contribution in [3.8, 4) is 0 Å². The molecule has 0 unspecified atom stereocenters. The molecule has 26 heavy (non-hydrogen) atoms. The van der Waals surface area contributed by atoms with Crippen molar-refractivity contribution in [3.63, 3.8) is 0 Å². The Labute approximate surface area is 160 Å². The monoisotopic (exact) mass is 394 g/mol. The summed E-state index contributed by atoms with van der Waals surface area (Å²) in [6.45, 7) is 5.38. The highest BCUT2D eigenvalue weighted by Crippen LogP contribution is 2.26. The first-order chi connectivity index (χ1) is 12.2. The number of nitrogens with one attached hydrogen (secondary N) is 1. The van der Waals surface area contributed by atoms with Gasteiger partial charge in [0.25, 0.3) is 10.0 Å². The van der Waals surface area contributed by atoms with E-state index in [-0.39, 0.29) is 23.4 Å². The fraction of sp³-hybridized carbons (Fsp3) is 0.316. The van der Waals surface area contributed by atoms with E-state index in [0.29, 0.717) is 10.7 Å². The normalized spacial score (nSPS) is 12.5. The van der Waals surface area contributed by atoms with Gasteiger partial charge < -0.3 is 5.32 Å². The van der Waals surface area contributed by atoms with E-state index in [1.807, 2.05) is 20.8 Å². The minimum absolute atomic E-state index is 0.0363. The van der Waals surface area contributed by atoms with Crippen molar-refractivity contribution in [2.45, 2.75) is 38.1 Å². The van der Waals surface area contributed by atoms with Crippen LogP contribution in [0.4, 0.5) is 5.69 Å². The zero-order valence-electron chi connectivity index (χ0n) is 15.1. The van der Waals surface area contributed by atoms with Crippen LogP contribution in [0.2, 0.25) is 5.02 Å². The highest BCUT2D eigenvalue weighted by Gasteiger charge is 2.27. The molecule has 1 amide bonds. The molecular formula is C19H23ClN2O3S. The predicted octanol–water partition coefficient (Wildman–Crippen LogP) is 3.76. The van der Waals surface area contributed by atoms with Gasteiger partial charge in [0, 0.05) is 11.1 Å². The van der Waals surface area contributed by atoms with Crippen LogP contribution in [0, 0.1) is 6.92 Å². The quantitative estimate of drug-likeness (QED) is 0.777. The number of anilines is 1. The number of hydrogen-bond acceptors (Lipinski definition) is 3. The number of halogens is 1. The molecule has 0 aliphatic rings. The first kappa shape index (κ1) is 20.3. The van der Waals surface area contributed by atoms with Gasteiger partial charge >= 0.3 is 0 Å².